The molecule has 0 aliphatic carbocycles. The molecule has 24 heavy (non-hydrogen) atoms. The molecule has 0 bridgehead atoms. The number of rotatable bonds is 7. The minimum Gasteiger partial charge on any atom is -0.371 e. The Morgan fingerprint density at radius 1 is 0.792 bits per heavy atom. The van der Waals surface area contributed by atoms with Crippen molar-refractivity contribution in [1.29, 1.82) is 0 Å². The van der Waals surface area contributed by atoms with Gasteiger partial charge in [0.2, 0.25) is 0 Å². The van der Waals surface area contributed by atoms with Gasteiger partial charge < -0.3 is 4.74 Å². The van der Waals surface area contributed by atoms with Gasteiger partial charge in [0.25, 0.3) is 0 Å². The van der Waals surface area contributed by atoms with Crippen LogP contribution in [0.3, 0.4) is 0 Å². The SMILES string of the molecule is CC(C)(C)CC(C)(C)c1ccc(C(C)(C)OCCC(C)(C)Cl)cc1. The molecule has 0 atom stereocenters. The topological polar surface area (TPSA) is 9.23 Å². The normalized spacial score (nSPS) is 14.1. The first-order chi connectivity index (χ1) is 10.6. The Bertz CT molecular complexity index is 512. The number of hydrogen-bond donors (Lipinski definition) is 0. The summed E-state index contributed by atoms with van der Waals surface area (Å²) >= 11 is 6.25. The monoisotopic (exact) mass is 352 g/mol. The third-order valence-corrected chi connectivity index (χ3v) is 4.68. The minimum absolute atomic E-state index is 0.171. The smallest absolute Gasteiger partial charge is 0.0875 e. The van der Waals surface area contributed by atoms with Crippen LogP contribution in [0.5, 0.6) is 0 Å². The molecule has 2 heteroatoms. The lowest BCUT2D eigenvalue weighted by atomic mass is 9.72. The zero-order valence-corrected chi connectivity index (χ0v) is 18.0. The summed E-state index contributed by atoms with van der Waals surface area (Å²) in [7, 11) is 0. The summed E-state index contributed by atoms with van der Waals surface area (Å²) in [5, 5.41) is 0. The van der Waals surface area contributed by atoms with Crippen molar-refractivity contribution in [2.24, 2.45) is 5.41 Å². The molecule has 0 fully saturated rings. The zero-order chi connectivity index (χ0) is 18.8. The van der Waals surface area contributed by atoms with Gasteiger partial charge in [0.15, 0.2) is 0 Å². The van der Waals surface area contributed by atoms with E-state index in [0.717, 1.165) is 12.8 Å². The molecule has 0 N–H and O–H groups in total. The molecule has 0 aromatic heterocycles. The standard InChI is InChI=1S/C22H37ClO/c1-19(2,3)16-20(4,5)17-10-12-18(13-11-17)22(8,9)24-15-14-21(6,7)23/h10-13H,14-16H2,1-9H3. The molecule has 0 unspecified atom stereocenters. The highest BCUT2D eigenvalue weighted by Gasteiger charge is 2.28. The predicted molar refractivity (Wildman–Crippen MR) is 107 cm³/mol. The summed E-state index contributed by atoms with van der Waals surface area (Å²) in [6, 6.07) is 8.95. The van der Waals surface area contributed by atoms with Gasteiger partial charge in [-0.3, -0.25) is 0 Å². The van der Waals surface area contributed by atoms with Crippen LogP contribution in [0.15, 0.2) is 24.3 Å². The fourth-order valence-electron chi connectivity index (χ4n) is 3.38. The molecule has 1 aromatic rings. The molecule has 0 aliphatic rings. The maximum absolute atomic E-state index is 6.25. The Labute approximate surface area is 155 Å². The molecule has 1 nitrogen and oxygen atoms in total. The summed E-state index contributed by atoms with van der Waals surface area (Å²) in [6.45, 7) is 20.5. The molecule has 0 spiro atoms. The van der Waals surface area contributed by atoms with E-state index in [-0.39, 0.29) is 15.9 Å². The molecule has 0 amide bonds. The number of ether oxygens (including phenoxy) is 1. The Balaban J connectivity index is 2.82. The fourth-order valence-corrected chi connectivity index (χ4v) is 3.46. The second-order valence-corrected chi connectivity index (χ2v) is 11.0. The number of halogens is 1. The lowest BCUT2D eigenvalue weighted by molar-refractivity contribution is -0.0250. The van der Waals surface area contributed by atoms with Crippen LogP contribution in [0.4, 0.5) is 0 Å². The summed E-state index contributed by atoms with van der Waals surface area (Å²) in [5.41, 5.74) is 2.79. The van der Waals surface area contributed by atoms with Gasteiger partial charge >= 0.3 is 0 Å². The van der Waals surface area contributed by atoms with E-state index < -0.39 is 0 Å². The molecule has 0 saturated heterocycles. The maximum Gasteiger partial charge on any atom is 0.0875 e. The average Bonchev–Trinajstić information content (AvgIpc) is 2.34. The number of benzene rings is 1. The van der Waals surface area contributed by atoms with E-state index in [2.05, 4.69) is 72.7 Å². The predicted octanol–water partition coefficient (Wildman–Crippen LogP) is 7.06. The van der Waals surface area contributed by atoms with Gasteiger partial charge in [-0.2, -0.15) is 0 Å². The Hall–Kier alpha value is -0.530. The summed E-state index contributed by atoms with van der Waals surface area (Å²) < 4.78 is 6.11. The third-order valence-electron chi connectivity index (χ3n) is 4.49. The first-order valence-electron chi connectivity index (χ1n) is 9.06. The summed E-state index contributed by atoms with van der Waals surface area (Å²) in [5.74, 6) is 0. The second kappa shape index (κ2) is 7.38. The lowest BCUT2D eigenvalue weighted by Crippen LogP contribution is -2.26. The van der Waals surface area contributed by atoms with Crippen molar-refractivity contribution < 1.29 is 4.74 Å². The molecule has 0 heterocycles. The van der Waals surface area contributed by atoms with Crippen molar-refractivity contribution in [2.75, 3.05) is 6.61 Å². The number of hydrogen-bond acceptors (Lipinski definition) is 1. The van der Waals surface area contributed by atoms with Crippen molar-refractivity contribution >= 4 is 11.6 Å². The molecular formula is C22H37ClO. The van der Waals surface area contributed by atoms with Crippen molar-refractivity contribution in [2.45, 2.75) is 91.0 Å². The molecule has 0 aliphatic heterocycles. The summed E-state index contributed by atoms with van der Waals surface area (Å²) in [6.07, 6.45) is 2.00. The van der Waals surface area contributed by atoms with Crippen LogP contribution in [0.2, 0.25) is 0 Å². The van der Waals surface area contributed by atoms with Crippen molar-refractivity contribution in [3.63, 3.8) is 0 Å². The van der Waals surface area contributed by atoms with Gasteiger partial charge in [-0.25, -0.2) is 0 Å². The number of alkyl halides is 1. The van der Waals surface area contributed by atoms with E-state index in [4.69, 9.17) is 16.3 Å². The van der Waals surface area contributed by atoms with E-state index in [1.165, 1.54) is 11.1 Å². The zero-order valence-electron chi connectivity index (χ0n) is 17.2. The molecular weight excluding hydrogens is 316 g/mol. The van der Waals surface area contributed by atoms with Crippen LogP contribution in [0.1, 0.15) is 86.3 Å². The fraction of sp³-hybridized carbons (Fsp3) is 0.727. The largest absolute Gasteiger partial charge is 0.371 e. The molecule has 0 radical (unpaired) electrons. The highest BCUT2D eigenvalue weighted by Crippen LogP contribution is 2.37. The van der Waals surface area contributed by atoms with E-state index in [1.807, 2.05) is 13.8 Å². The van der Waals surface area contributed by atoms with E-state index in [0.29, 0.717) is 12.0 Å². The average molecular weight is 353 g/mol. The first-order valence-corrected chi connectivity index (χ1v) is 9.44. The van der Waals surface area contributed by atoms with Gasteiger partial charge in [-0.1, -0.05) is 58.9 Å². The lowest BCUT2D eigenvalue weighted by Gasteiger charge is -2.34. The third kappa shape index (κ3) is 7.15. The van der Waals surface area contributed by atoms with Gasteiger partial charge in [0.1, 0.15) is 0 Å². The van der Waals surface area contributed by atoms with Gasteiger partial charge in [-0.15, -0.1) is 11.6 Å². The van der Waals surface area contributed by atoms with Crippen LogP contribution in [-0.4, -0.2) is 11.5 Å². The maximum atomic E-state index is 6.25. The Kier molecular flexibility index (Phi) is 6.61. The second-order valence-electron chi connectivity index (χ2n) is 10.0. The quantitative estimate of drug-likeness (QED) is 0.477. The van der Waals surface area contributed by atoms with Crippen molar-refractivity contribution in [3.05, 3.63) is 35.4 Å². The molecule has 138 valence electrons. The molecule has 0 saturated carbocycles. The first kappa shape index (κ1) is 21.5. The highest BCUT2D eigenvalue weighted by atomic mass is 35.5. The van der Waals surface area contributed by atoms with Crippen LogP contribution in [0.25, 0.3) is 0 Å². The Morgan fingerprint density at radius 3 is 1.67 bits per heavy atom. The van der Waals surface area contributed by atoms with E-state index in [1.54, 1.807) is 0 Å². The van der Waals surface area contributed by atoms with Crippen LogP contribution >= 0.6 is 11.6 Å². The van der Waals surface area contributed by atoms with Gasteiger partial charge in [-0.05, 0) is 62.5 Å². The molecule has 1 rings (SSSR count). The van der Waals surface area contributed by atoms with Crippen LogP contribution in [0, 0.1) is 5.41 Å². The highest BCUT2D eigenvalue weighted by molar-refractivity contribution is 6.23. The minimum atomic E-state index is -0.297. The van der Waals surface area contributed by atoms with Gasteiger partial charge in [0, 0.05) is 11.5 Å². The summed E-state index contributed by atoms with van der Waals surface area (Å²) in [4.78, 5) is -0.211. The van der Waals surface area contributed by atoms with E-state index in [9.17, 15) is 0 Å². The molecule has 1 aromatic carbocycles. The van der Waals surface area contributed by atoms with Crippen molar-refractivity contribution in [3.8, 4) is 0 Å². The van der Waals surface area contributed by atoms with Crippen molar-refractivity contribution in [1.82, 2.24) is 0 Å². The van der Waals surface area contributed by atoms with E-state index >= 15 is 0 Å². The Morgan fingerprint density at radius 2 is 1.25 bits per heavy atom. The van der Waals surface area contributed by atoms with Crippen LogP contribution in [-0.2, 0) is 15.8 Å². The van der Waals surface area contributed by atoms with Crippen LogP contribution < -0.4 is 0 Å². The van der Waals surface area contributed by atoms with Gasteiger partial charge in [0.05, 0.1) is 5.60 Å².